The Morgan fingerprint density at radius 3 is 1.97 bits per heavy atom. The molecule has 0 bridgehead atoms. The van der Waals surface area contributed by atoms with Crippen molar-refractivity contribution in [1.82, 2.24) is 0 Å². The smallest absolute Gasteiger partial charge is 0.371 e. The lowest BCUT2D eigenvalue weighted by Gasteiger charge is -2.16. The lowest BCUT2D eigenvalue weighted by Crippen LogP contribution is -2.08. The van der Waals surface area contributed by atoms with E-state index in [0.717, 1.165) is 43.2 Å². The van der Waals surface area contributed by atoms with E-state index in [2.05, 4.69) is 32.0 Å². The highest BCUT2D eigenvalue weighted by Crippen LogP contribution is 2.30. The van der Waals surface area contributed by atoms with Gasteiger partial charge in [-0.25, -0.2) is 4.79 Å². The zero-order valence-corrected chi connectivity index (χ0v) is 19.0. The van der Waals surface area contributed by atoms with Crippen LogP contribution in [0.1, 0.15) is 108 Å². The number of methoxy groups -OCH3 is 1. The lowest BCUT2D eigenvalue weighted by molar-refractivity contribution is -0.135. The molecule has 0 aliphatic heterocycles. The van der Waals surface area contributed by atoms with E-state index < -0.39 is 5.97 Å². The number of ether oxygens (including phenoxy) is 1. The van der Waals surface area contributed by atoms with Crippen LogP contribution in [0.4, 0.5) is 0 Å². The molecule has 0 heterocycles. The summed E-state index contributed by atoms with van der Waals surface area (Å²) in [6.45, 7) is 4.46. The van der Waals surface area contributed by atoms with Crippen molar-refractivity contribution in [3.8, 4) is 0 Å². The molecule has 164 valence electrons. The van der Waals surface area contributed by atoms with Crippen molar-refractivity contribution in [3.05, 3.63) is 41.2 Å². The van der Waals surface area contributed by atoms with E-state index in [1.54, 1.807) is 0 Å². The lowest BCUT2D eigenvalue weighted by atomic mass is 9.91. The van der Waals surface area contributed by atoms with E-state index in [-0.39, 0.29) is 5.76 Å². The van der Waals surface area contributed by atoms with E-state index in [9.17, 15) is 9.90 Å². The molecule has 0 aliphatic rings. The van der Waals surface area contributed by atoms with Gasteiger partial charge in [-0.05, 0) is 36.8 Å². The number of unbranched alkanes of at least 4 members (excludes halogenated alkanes) is 10. The van der Waals surface area contributed by atoms with Gasteiger partial charge in [0, 0.05) is 5.57 Å². The fourth-order valence-corrected chi connectivity index (χ4v) is 3.92. The number of carboxylic acid groups (broad SMARTS) is 1. The maximum absolute atomic E-state index is 11.8. The molecular formula is C26H42O3. The van der Waals surface area contributed by atoms with Crippen LogP contribution in [0.15, 0.2) is 30.0 Å². The Balaban J connectivity index is 2.85. The number of hydrogen-bond donors (Lipinski definition) is 1. The molecule has 0 aromatic heterocycles. The van der Waals surface area contributed by atoms with Gasteiger partial charge in [0.25, 0.3) is 0 Å². The average Bonchev–Trinajstić information content (AvgIpc) is 2.72. The number of aryl methyl sites for hydroxylation is 1. The van der Waals surface area contributed by atoms with Crippen molar-refractivity contribution in [2.45, 2.75) is 104 Å². The van der Waals surface area contributed by atoms with Gasteiger partial charge >= 0.3 is 5.97 Å². The summed E-state index contributed by atoms with van der Waals surface area (Å²) in [6.07, 6.45) is 16.5. The predicted molar refractivity (Wildman–Crippen MR) is 123 cm³/mol. The number of benzene rings is 1. The van der Waals surface area contributed by atoms with Gasteiger partial charge in [-0.2, -0.15) is 0 Å². The second kappa shape index (κ2) is 16.1. The van der Waals surface area contributed by atoms with Crippen molar-refractivity contribution >= 4 is 11.5 Å². The molecule has 29 heavy (non-hydrogen) atoms. The minimum absolute atomic E-state index is 0.106. The summed E-state index contributed by atoms with van der Waals surface area (Å²) in [5.74, 6) is -0.864. The van der Waals surface area contributed by atoms with Crippen LogP contribution in [-0.2, 0) is 16.0 Å². The Morgan fingerprint density at radius 1 is 0.828 bits per heavy atom. The van der Waals surface area contributed by atoms with Crippen molar-refractivity contribution in [3.63, 3.8) is 0 Å². The maximum Gasteiger partial charge on any atom is 0.371 e. The first-order valence-electron chi connectivity index (χ1n) is 11.7. The number of allylic oxidation sites excluding steroid dienone is 1. The van der Waals surface area contributed by atoms with Crippen molar-refractivity contribution in [2.75, 3.05) is 7.11 Å². The Hall–Kier alpha value is -1.77. The van der Waals surface area contributed by atoms with E-state index in [4.69, 9.17) is 4.74 Å². The number of carbonyl (C=O) groups is 1. The molecule has 0 aliphatic carbocycles. The van der Waals surface area contributed by atoms with Crippen LogP contribution in [-0.4, -0.2) is 18.2 Å². The molecule has 0 spiro atoms. The highest BCUT2D eigenvalue weighted by atomic mass is 16.5. The Kier molecular flexibility index (Phi) is 14.0. The summed E-state index contributed by atoms with van der Waals surface area (Å²) in [7, 11) is 1.47. The number of carboxylic acids is 1. The third-order valence-corrected chi connectivity index (χ3v) is 5.59. The minimum Gasteiger partial charge on any atom is -0.490 e. The van der Waals surface area contributed by atoms with Gasteiger partial charge < -0.3 is 9.84 Å². The van der Waals surface area contributed by atoms with Gasteiger partial charge in [0.1, 0.15) is 0 Å². The molecule has 0 fully saturated rings. The van der Waals surface area contributed by atoms with Gasteiger partial charge in [0.2, 0.25) is 5.76 Å². The molecule has 3 heteroatoms. The standard InChI is InChI=1S/C26H42O3/c1-4-6-8-10-12-14-18-22-19-16-17-20-23(22)24(25(29-3)26(27)28)21-15-13-11-9-7-5-2/h16-17,19-20H,4-15,18,21H2,1-3H3,(H,27,28). The molecule has 0 atom stereocenters. The molecule has 3 nitrogen and oxygen atoms in total. The molecule has 0 amide bonds. The summed E-state index contributed by atoms with van der Waals surface area (Å²) in [5.41, 5.74) is 3.17. The van der Waals surface area contributed by atoms with Crippen LogP contribution in [0.5, 0.6) is 0 Å². The SMILES string of the molecule is CCCCCCCCC(=C(OC)C(=O)O)c1ccccc1CCCCCCCC. The third kappa shape index (κ3) is 10.0. The third-order valence-electron chi connectivity index (χ3n) is 5.59. The monoisotopic (exact) mass is 402 g/mol. The van der Waals surface area contributed by atoms with Crippen LogP contribution in [0, 0.1) is 0 Å². The first-order chi connectivity index (χ1) is 14.2. The van der Waals surface area contributed by atoms with E-state index in [1.165, 1.54) is 70.5 Å². The minimum atomic E-state index is -0.970. The molecule has 1 rings (SSSR count). The molecular weight excluding hydrogens is 360 g/mol. The summed E-state index contributed by atoms with van der Waals surface area (Å²) in [6, 6.07) is 8.29. The topological polar surface area (TPSA) is 46.5 Å². The zero-order chi connectivity index (χ0) is 21.3. The number of hydrogen-bond acceptors (Lipinski definition) is 2. The van der Waals surface area contributed by atoms with Crippen LogP contribution < -0.4 is 0 Å². The van der Waals surface area contributed by atoms with Crippen LogP contribution in [0.25, 0.3) is 5.57 Å². The number of rotatable bonds is 17. The van der Waals surface area contributed by atoms with E-state index in [0.29, 0.717) is 0 Å². The first-order valence-corrected chi connectivity index (χ1v) is 11.7. The second-order valence-electron chi connectivity index (χ2n) is 8.01. The predicted octanol–water partition coefficient (Wildman–Crippen LogP) is 7.78. The Labute approximate surface area is 178 Å². The van der Waals surface area contributed by atoms with Gasteiger partial charge in [-0.3, -0.25) is 0 Å². The molecule has 0 saturated carbocycles. The van der Waals surface area contributed by atoms with Crippen molar-refractivity contribution < 1.29 is 14.6 Å². The largest absolute Gasteiger partial charge is 0.490 e. The van der Waals surface area contributed by atoms with Crippen molar-refractivity contribution in [2.24, 2.45) is 0 Å². The normalized spacial score (nSPS) is 12.0. The molecule has 0 unspecified atom stereocenters. The summed E-state index contributed by atoms with van der Waals surface area (Å²) in [5, 5.41) is 9.68. The average molecular weight is 403 g/mol. The zero-order valence-electron chi connectivity index (χ0n) is 19.0. The fraction of sp³-hybridized carbons (Fsp3) is 0.654. The highest BCUT2D eigenvalue weighted by molar-refractivity contribution is 5.94. The molecule has 0 radical (unpaired) electrons. The van der Waals surface area contributed by atoms with Crippen LogP contribution in [0.3, 0.4) is 0 Å². The van der Waals surface area contributed by atoms with Crippen molar-refractivity contribution in [1.29, 1.82) is 0 Å². The molecule has 1 aromatic rings. The van der Waals surface area contributed by atoms with E-state index >= 15 is 0 Å². The second-order valence-corrected chi connectivity index (χ2v) is 8.01. The highest BCUT2D eigenvalue weighted by Gasteiger charge is 2.19. The quantitative estimate of drug-likeness (QED) is 0.164. The Bertz CT molecular complexity index is 604. The summed E-state index contributed by atoms with van der Waals surface area (Å²) in [4.78, 5) is 11.8. The van der Waals surface area contributed by atoms with Gasteiger partial charge in [0.05, 0.1) is 7.11 Å². The van der Waals surface area contributed by atoms with E-state index in [1.807, 2.05) is 6.07 Å². The molecule has 0 saturated heterocycles. The fourth-order valence-electron chi connectivity index (χ4n) is 3.92. The first kappa shape index (κ1) is 25.3. The van der Waals surface area contributed by atoms with Gasteiger partial charge in [-0.15, -0.1) is 0 Å². The number of aliphatic carboxylic acids is 1. The van der Waals surface area contributed by atoms with Gasteiger partial charge in [-0.1, -0.05) is 102 Å². The molecule has 1 aromatic carbocycles. The Morgan fingerprint density at radius 2 is 1.38 bits per heavy atom. The van der Waals surface area contributed by atoms with Crippen LogP contribution in [0.2, 0.25) is 0 Å². The summed E-state index contributed by atoms with van der Waals surface area (Å²) < 4.78 is 5.33. The maximum atomic E-state index is 11.8. The van der Waals surface area contributed by atoms with Gasteiger partial charge in [0.15, 0.2) is 0 Å². The van der Waals surface area contributed by atoms with Crippen LogP contribution >= 0.6 is 0 Å². The summed E-state index contributed by atoms with van der Waals surface area (Å²) >= 11 is 0. The molecule has 1 N–H and O–H groups in total.